The van der Waals surface area contributed by atoms with Gasteiger partial charge in [-0.05, 0) is 49.7 Å². The third-order valence-electron chi connectivity index (χ3n) is 8.19. The quantitative estimate of drug-likeness (QED) is 0.587. The molecule has 8 nitrogen and oxygen atoms in total. The molecule has 8 heteroatoms. The van der Waals surface area contributed by atoms with Crippen molar-refractivity contribution in [2.24, 2.45) is 5.41 Å². The van der Waals surface area contributed by atoms with E-state index in [9.17, 15) is 14.9 Å². The molecular formula is C28H39N3O5. The molecule has 2 amide bonds. The number of carbonyl (C=O) groups excluding carboxylic acids is 2. The Kier molecular flexibility index (Phi) is 8.53. The third-order valence-corrected chi connectivity index (χ3v) is 8.19. The SMILES string of the molecule is CO[C@H]1CC[C@H]2CCN(C)C(=O)CC3(CCCCC3)CN(C)C(=O)c3cccc(C#N)c3OC[C@H]1O2. The number of carbonyl (C=O) groups is 2. The normalized spacial score (nSPS) is 27.8. The number of fused-ring (bicyclic) bond motifs is 3. The summed E-state index contributed by atoms with van der Waals surface area (Å²) >= 11 is 0. The maximum Gasteiger partial charge on any atom is 0.257 e. The van der Waals surface area contributed by atoms with Crippen LogP contribution in [-0.4, -0.2) is 80.8 Å². The lowest BCUT2D eigenvalue weighted by atomic mass is 9.71. The van der Waals surface area contributed by atoms with E-state index < -0.39 is 0 Å². The molecule has 2 heterocycles. The van der Waals surface area contributed by atoms with Gasteiger partial charge in [0.2, 0.25) is 5.91 Å². The number of nitriles is 1. The van der Waals surface area contributed by atoms with E-state index in [0.29, 0.717) is 30.6 Å². The Morgan fingerprint density at radius 3 is 2.58 bits per heavy atom. The van der Waals surface area contributed by atoms with Gasteiger partial charge in [0.1, 0.15) is 24.5 Å². The monoisotopic (exact) mass is 497 g/mol. The minimum atomic E-state index is -0.333. The van der Waals surface area contributed by atoms with Gasteiger partial charge < -0.3 is 24.0 Å². The highest BCUT2D eigenvalue weighted by Gasteiger charge is 2.39. The van der Waals surface area contributed by atoms with Gasteiger partial charge in [0, 0.05) is 40.7 Å². The fraction of sp³-hybridized carbons (Fsp3) is 0.679. The molecule has 2 fully saturated rings. The van der Waals surface area contributed by atoms with E-state index in [1.165, 1.54) is 0 Å². The molecule has 2 aliphatic heterocycles. The van der Waals surface area contributed by atoms with Gasteiger partial charge >= 0.3 is 0 Å². The van der Waals surface area contributed by atoms with Gasteiger partial charge in [-0.15, -0.1) is 0 Å². The molecule has 1 aromatic rings. The van der Waals surface area contributed by atoms with Crippen LogP contribution >= 0.6 is 0 Å². The first kappa shape index (κ1) is 26.4. The zero-order valence-electron chi connectivity index (χ0n) is 21.8. The molecule has 1 saturated carbocycles. The molecule has 2 bridgehead atoms. The maximum atomic E-state index is 13.7. The Morgan fingerprint density at radius 1 is 1.08 bits per heavy atom. The van der Waals surface area contributed by atoms with Crippen molar-refractivity contribution in [2.45, 2.75) is 76.1 Å². The molecule has 1 aliphatic carbocycles. The average Bonchev–Trinajstić information content (AvgIpc) is 2.89. The maximum absolute atomic E-state index is 13.7. The van der Waals surface area contributed by atoms with E-state index in [1.807, 2.05) is 11.9 Å². The fourth-order valence-corrected chi connectivity index (χ4v) is 6.07. The molecule has 3 aliphatic rings. The van der Waals surface area contributed by atoms with Crippen LogP contribution in [0.25, 0.3) is 0 Å². The van der Waals surface area contributed by atoms with Crippen molar-refractivity contribution in [1.82, 2.24) is 9.80 Å². The first-order chi connectivity index (χ1) is 17.4. The Morgan fingerprint density at radius 2 is 1.86 bits per heavy atom. The Hall–Kier alpha value is -2.63. The lowest BCUT2D eigenvalue weighted by Crippen LogP contribution is -2.46. The van der Waals surface area contributed by atoms with Gasteiger partial charge in [-0.2, -0.15) is 5.26 Å². The summed E-state index contributed by atoms with van der Waals surface area (Å²) in [4.78, 5) is 30.6. The van der Waals surface area contributed by atoms with Gasteiger partial charge in [-0.3, -0.25) is 9.59 Å². The highest BCUT2D eigenvalue weighted by Crippen LogP contribution is 2.41. The zero-order chi connectivity index (χ0) is 25.7. The molecule has 0 N–H and O–H groups in total. The predicted octanol–water partition coefficient (Wildman–Crippen LogP) is 3.77. The van der Waals surface area contributed by atoms with E-state index in [2.05, 4.69) is 6.07 Å². The summed E-state index contributed by atoms with van der Waals surface area (Å²) in [5.41, 5.74) is 0.442. The van der Waals surface area contributed by atoms with Gasteiger partial charge in [0.05, 0.1) is 23.3 Å². The first-order valence-electron chi connectivity index (χ1n) is 13.2. The van der Waals surface area contributed by atoms with Crippen molar-refractivity contribution in [3.05, 3.63) is 29.3 Å². The topological polar surface area (TPSA) is 92.1 Å². The number of amides is 2. The number of nitrogens with zero attached hydrogens (tertiary/aromatic N) is 3. The molecular weight excluding hydrogens is 458 g/mol. The molecule has 1 saturated heterocycles. The van der Waals surface area contributed by atoms with E-state index in [4.69, 9.17) is 14.2 Å². The Bertz CT molecular complexity index is 984. The van der Waals surface area contributed by atoms with E-state index in [0.717, 1.165) is 51.4 Å². The fourth-order valence-electron chi connectivity index (χ4n) is 6.07. The second-order valence-corrected chi connectivity index (χ2v) is 10.8. The van der Waals surface area contributed by atoms with Crippen molar-refractivity contribution in [2.75, 3.05) is 40.9 Å². The van der Waals surface area contributed by atoms with Crippen LogP contribution in [0.4, 0.5) is 0 Å². The minimum Gasteiger partial charge on any atom is -0.489 e. The molecule has 1 aromatic carbocycles. The van der Waals surface area contributed by atoms with Crippen molar-refractivity contribution in [3.63, 3.8) is 0 Å². The number of para-hydroxylation sites is 1. The smallest absolute Gasteiger partial charge is 0.257 e. The summed E-state index contributed by atoms with van der Waals surface area (Å²) in [6, 6.07) is 7.26. The Labute approximate surface area is 214 Å². The molecule has 0 aromatic heterocycles. The van der Waals surface area contributed by atoms with Crippen LogP contribution in [0, 0.1) is 16.7 Å². The number of benzene rings is 1. The van der Waals surface area contributed by atoms with Crippen LogP contribution in [0.3, 0.4) is 0 Å². The lowest BCUT2D eigenvalue weighted by Gasteiger charge is -2.41. The zero-order valence-corrected chi connectivity index (χ0v) is 21.8. The first-order valence-corrected chi connectivity index (χ1v) is 13.2. The van der Waals surface area contributed by atoms with E-state index >= 15 is 0 Å². The summed E-state index contributed by atoms with van der Waals surface area (Å²) in [7, 11) is 5.32. The van der Waals surface area contributed by atoms with E-state index in [1.54, 1.807) is 37.3 Å². The third kappa shape index (κ3) is 5.84. The summed E-state index contributed by atoms with van der Waals surface area (Å²) in [6.07, 6.45) is 7.53. The van der Waals surface area contributed by atoms with Crippen LogP contribution in [-0.2, 0) is 14.3 Å². The van der Waals surface area contributed by atoms with Crippen LogP contribution < -0.4 is 4.74 Å². The molecule has 3 atom stereocenters. The van der Waals surface area contributed by atoms with Gasteiger partial charge in [0.25, 0.3) is 5.91 Å². The molecule has 196 valence electrons. The van der Waals surface area contributed by atoms with Crippen LogP contribution in [0.2, 0.25) is 0 Å². The second-order valence-electron chi connectivity index (χ2n) is 10.8. The largest absolute Gasteiger partial charge is 0.489 e. The van der Waals surface area contributed by atoms with Crippen LogP contribution in [0.5, 0.6) is 5.75 Å². The van der Waals surface area contributed by atoms with Crippen molar-refractivity contribution < 1.29 is 23.8 Å². The van der Waals surface area contributed by atoms with Crippen molar-refractivity contribution in [1.29, 1.82) is 5.26 Å². The van der Waals surface area contributed by atoms with Crippen LogP contribution in [0.15, 0.2) is 18.2 Å². The number of hydrogen-bond acceptors (Lipinski definition) is 6. The lowest BCUT2D eigenvalue weighted by molar-refractivity contribution is -0.146. The standard InChI is InChI=1S/C28H39N3O5/c1-30-15-12-21-10-11-23(34-3)24(36-21)18-35-26-20(17-29)8-7-9-22(26)27(33)31(2)19-28(16-25(30)32)13-5-4-6-14-28/h7-9,21,23-24H,4-6,10-16,18-19H2,1-3H3/t21-,23-,24+/m0/s1. The molecule has 1 spiro atoms. The van der Waals surface area contributed by atoms with Crippen molar-refractivity contribution in [3.8, 4) is 11.8 Å². The summed E-state index contributed by atoms with van der Waals surface area (Å²) < 4.78 is 18.2. The summed E-state index contributed by atoms with van der Waals surface area (Å²) in [5, 5.41) is 9.76. The summed E-state index contributed by atoms with van der Waals surface area (Å²) in [5.74, 6) is 0.214. The summed E-state index contributed by atoms with van der Waals surface area (Å²) in [6.45, 7) is 1.30. The number of ether oxygens (including phenoxy) is 3. The highest BCUT2D eigenvalue weighted by atomic mass is 16.6. The number of rotatable bonds is 1. The van der Waals surface area contributed by atoms with Crippen LogP contribution in [0.1, 0.15) is 73.7 Å². The highest BCUT2D eigenvalue weighted by molar-refractivity contribution is 5.97. The van der Waals surface area contributed by atoms with Gasteiger partial charge in [-0.25, -0.2) is 0 Å². The molecule has 0 radical (unpaired) electrons. The number of methoxy groups -OCH3 is 1. The molecule has 4 rings (SSSR count). The second kappa shape index (κ2) is 11.6. The average molecular weight is 498 g/mol. The van der Waals surface area contributed by atoms with Crippen molar-refractivity contribution >= 4 is 11.8 Å². The van der Waals surface area contributed by atoms with E-state index in [-0.39, 0.29) is 47.9 Å². The minimum absolute atomic E-state index is 0.00440. The van der Waals surface area contributed by atoms with Gasteiger partial charge in [0.15, 0.2) is 0 Å². The number of hydrogen-bond donors (Lipinski definition) is 0. The predicted molar refractivity (Wildman–Crippen MR) is 135 cm³/mol. The molecule has 36 heavy (non-hydrogen) atoms. The van der Waals surface area contributed by atoms with Gasteiger partial charge in [-0.1, -0.05) is 25.3 Å². The molecule has 0 unspecified atom stereocenters. The Balaban J connectivity index is 1.69.